The van der Waals surface area contributed by atoms with E-state index in [2.05, 4.69) is 9.97 Å². The Morgan fingerprint density at radius 1 is 1.00 bits per heavy atom. The van der Waals surface area contributed by atoms with Crippen molar-refractivity contribution in [1.29, 1.82) is 0 Å². The molecular formula is C20H22FN3O5S. The van der Waals surface area contributed by atoms with Crippen molar-refractivity contribution < 1.29 is 22.6 Å². The minimum Gasteiger partial charge on any atom is -0.493 e. The molecule has 0 bridgehead atoms. The Balaban J connectivity index is 0.00000320. The van der Waals surface area contributed by atoms with Gasteiger partial charge in [-0.3, -0.25) is 9.50 Å². The average Bonchev–Trinajstić information content (AvgIpc) is 2.68. The molecule has 30 heavy (non-hydrogen) atoms. The lowest BCUT2D eigenvalue weighted by atomic mass is 10.1. The molecule has 0 aliphatic heterocycles. The molecule has 3 rings (SSSR count). The van der Waals surface area contributed by atoms with E-state index in [0.717, 1.165) is 11.8 Å². The number of aryl methyl sites for hydroxylation is 1. The second kappa shape index (κ2) is 9.04. The lowest BCUT2D eigenvalue weighted by Gasteiger charge is -2.12. The van der Waals surface area contributed by atoms with Crippen LogP contribution in [0.2, 0.25) is 0 Å². The third-order valence-electron chi connectivity index (χ3n) is 4.25. The first kappa shape index (κ1) is 23.0. The summed E-state index contributed by atoms with van der Waals surface area (Å²) in [7, 11) is -0.451. The van der Waals surface area contributed by atoms with Crippen molar-refractivity contribution in [2.45, 2.75) is 18.6 Å². The maximum absolute atomic E-state index is 12.4. The van der Waals surface area contributed by atoms with Gasteiger partial charge < -0.3 is 14.0 Å². The van der Waals surface area contributed by atoms with Crippen LogP contribution in [0.5, 0.6) is 11.5 Å². The number of pyridine rings is 1. The number of aromatic nitrogens is 3. The predicted molar refractivity (Wildman–Crippen MR) is 111 cm³/mol. The fourth-order valence-electron chi connectivity index (χ4n) is 2.84. The smallest absolute Gasteiger partial charge is 0.250 e. The predicted octanol–water partition coefficient (Wildman–Crippen LogP) is 2.24. The zero-order chi connectivity index (χ0) is 21.2. The minimum absolute atomic E-state index is 0. The molecule has 1 aromatic carbocycles. The first-order chi connectivity index (χ1) is 13.7. The van der Waals surface area contributed by atoms with Gasteiger partial charge >= 0.3 is 0 Å². The number of methoxy groups -OCH3 is 2. The number of hydrogen-bond acceptors (Lipinski definition) is 7. The molecule has 2 heterocycles. The molecule has 2 aromatic heterocycles. The molecule has 0 fully saturated rings. The van der Waals surface area contributed by atoms with Gasteiger partial charge in [0.15, 0.2) is 11.5 Å². The molecule has 0 amide bonds. The third-order valence-corrected chi connectivity index (χ3v) is 5.09. The molecule has 0 aliphatic rings. The molecule has 0 saturated carbocycles. The van der Waals surface area contributed by atoms with E-state index in [-0.39, 0.29) is 15.4 Å². The van der Waals surface area contributed by atoms with Crippen LogP contribution in [-0.2, 0) is 16.4 Å². The maximum Gasteiger partial charge on any atom is 0.250 e. The van der Waals surface area contributed by atoms with Crippen molar-refractivity contribution in [2.75, 3.05) is 20.5 Å². The number of sulfone groups is 1. The summed E-state index contributed by atoms with van der Waals surface area (Å²) in [6.07, 6.45) is 2.70. The van der Waals surface area contributed by atoms with Gasteiger partial charge in [-0.25, -0.2) is 18.4 Å². The lowest BCUT2D eigenvalue weighted by molar-refractivity contribution is 0.354. The van der Waals surface area contributed by atoms with Crippen LogP contribution in [0, 0.1) is 6.92 Å². The quantitative estimate of drug-likeness (QED) is 0.547. The second-order valence-corrected chi connectivity index (χ2v) is 8.43. The van der Waals surface area contributed by atoms with E-state index < -0.39 is 9.84 Å². The van der Waals surface area contributed by atoms with Crippen molar-refractivity contribution in [3.05, 3.63) is 64.2 Å². The average molecular weight is 435 g/mol. The van der Waals surface area contributed by atoms with E-state index in [4.69, 9.17) is 9.47 Å². The highest BCUT2D eigenvalue weighted by atomic mass is 32.2. The number of benzene rings is 1. The molecule has 160 valence electrons. The Labute approximate surface area is 173 Å². The van der Waals surface area contributed by atoms with Crippen LogP contribution in [0.15, 0.2) is 52.5 Å². The van der Waals surface area contributed by atoms with E-state index in [0.29, 0.717) is 35.0 Å². The summed E-state index contributed by atoms with van der Waals surface area (Å²) in [4.78, 5) is 20.5. The van der Waals surface area contributed by atoms with E-state index in [1.807, 2.05) is 6.07 Å². The van der Waals surface area contributed by atoms with Gasteiger partial charge in [-0.2, -0.15) is 0 Å². The van der Waals surface area contributed by atoms with Gasteiger partial charge in [0.05, 0.1) is 26.5 Å². The highest BCUT2D eigenvalue weighted by Crippen LogP contribution is 2.28. The standard InChI is InChI=1S/C20H21N3O5S.FH/c1-13-9-16(22-20(21-13)29(4,25)26)15-6-8-19(24)23(12-15)11-14-5-7-17(27-2)18(10-14)28-3;/h5-10,12H,11H2,1-4H3;1H. The van der Waals surface area contributed by atoms with Crippen LogP contribution in [0.3, 0.4) is 0 Å². The fraction of sp³-hybridized carbons (Fsp3) is 0.250. The molecule has 0 unspecified atom stereocenters. The summed E-state index contributed by atoms with van der Waals surface area (Å²) in [6.45, 7) is 2.00. The Morgan fingerprint density at radius 3 is 2.33 bits per heavy atom. The van der Waals surface area contributed by atoms with Crippen molar-refractivity contribution >= 4 is 9.84 Å². The van der Waals surface area contributed by atoms with Gasteiger partial charge in [0.1, 0.15) is 0 Å². The number of rotatable bonds is 6. The summed E-state index contributed by atoms with van der Waals surface area (Å²) in [6, 6.07) is 10.1. The van der Waals surface area contributed by atoms with Crippen molar-refractivity contribution in [3.8, 4) is 22.8 Å². The highest BCUT2D eigenvalue weighted by molar-refractivity contribution is 7.90. The zero-order valence-electron chi connectivity index (χ0n) is 16.9. The topological polar surface area (TPSA) is 100 Å². The van der Waals surface area contributed by atoms with Gasteiger partial charge in [0, 0.05) is 29.8 Å². The summed E-state index contributed by atoms with van der Waals surface area (Å²) in [5.74, 6) is 1.17. The molecule has 0 spiro atoms. The Kier molecular flexibility index (Phi) is 6.93. The van der Waals surface area contributed by atoms with Crippen LogP contribution in [-0.4, -0.2) is 43.4 Å². The normalized spacial score (nSPS) is 10.9. The Morgan fingerprint density at radius 2 is 1.70 bits per heavy atom. The summed E-state index contributed by atoms with van der Waals surface area (Å²) >= 11 is 0. The van der Waals surface area contributed by atoms with Crippen molar-refractivity contribution in [2.24, 2.45) is 0 Å². The van der Waals surface area contributed by atoms with E-state index in [9.17, 15) is 13.2 Å². The van der Waals surface area contributed by atoms with Gasteiger partial charge in [-0.15, -0.1) is 0 Å². The maximum atomic E-state index is 12.4. The molecule has 0 atom stereocenters. The lowest BCUT2D eigenvalue weighted by Crippen LogP contribution is -2.19. The van der Waals surface area contributed by atoms with E-state index in [1.54, 1.807) is 51.6 Å². The minimum atomic E-state index is -3.55. The SMILES string of the molecule is COc1ccc(Cn2cc(-c3cc(C)nc(S(C)(=O)=O)n3)ccc2=O)cc1OC.F. The van der Waals surface area contributed by atoms with Crippen molar-refractivity contribution in [1.82, 2.24) is 14.5 Å². The van der Waals surface area contributed by atoms with Crippen LogP contribution in [0.25, 0.3) is 11.3 Å². The van der Waals surface area contributed by atoms with Gasteiger partial charge in [0.2, 0.25) is 15.0 Å². The third kappa shape index (κ3) is 5.01. The van der Waals surface area contributed by atoms with Crippen LogP contribution >= 0.6 is 0 Å². The van der Waals surface area contributed by atoms with E-state index >= 15 is 0 Å². The highest BCUT2D eigenvalue weighted by Gasteiger charge is 2.14. The molecule has 3 aromatic rings. The first-order valence-corrected chi connectivity index (χ1v) is 10.6. The number of hydrogen-bond donors (Lipinski definition) is 0. The summed E-state index contributed by atoms with van der Waals surface area (Å²) in [5, 5.41) is -0.245. The zero-order valence-corrected chi connectivity index (χ0v) is 17.8. The largest absolute Gasteiger partial charge is 0.493 e. The van der Waals surface area contributed by atoms with E-state index in [1.165, 1.54) is 10.6 Å². The molecule has 0 N–H and O–H groups in total. The van der Waals surface area contributed by atoms with Gasteiger partial charge in [0.25, 0.3) is 5.56 Å². The van der Waals surface area contributed by atoms with Crippen LogP contribution < -0.4 is 15.0 Å². The molecule has 0 radical (unpaired) electrons. The molecule has 0 saturated heterocycles. The summed E-state index contributed by atoms with van der Waals surface area (Å²) in [5.41, 5.74) is 2.21. The Hall–Kier alpha value is -3.27. The second-order valence-electron chi connectivity index (χ2n) is 6.52. The van der Waals surface area contributed by atoms with Crippen LogP contribution in [0.1, 0.15) is 11.3 Å². The molecular weight excluding hydrogens is 413 g/mol. The fourth-order valence-corrected chi connectivity index (χ4v) is 3.41. The molecule has 10 heteroatoms. The first-order valence-electron chi connectivity index (χ1n) is 8.69. The van der Waals surface area contributed by atoms with Crippen molar-refractivity contribution in [3.63, 3.8) is 0 Å². The van der Waals surface area contributed by atoms with Gasteiger partial charge in [-0.1, -0.05) is 6.07 Å². The monoisotopic (exact) mass is 435 g/mol. The number of ether oxygens (including phenoxy) is 2. The van der Waals surface area contributed by atoms with Gasteiger partial charge in [-0.05, 0) is 36.8 Å². The Bertz CT molecular complexity index is 1230. The molecule has 0 aliphatic carbocycles. The van der Waals surface area contributed by atoms with Crippen LogP contribution in [0.4, 0.5) is 4.70 Å². The number of halogens is 1. The number of nitrogens with zero attached hydrogens (tertiary/aromatic N) is 3. The summed E-state index contributed by atoms with van der Waals surface area (Å²) < 4.78 is 35.7. The molecule has 8 nitrogen and oxygen atoms in total.